The number of hydrogen-bond donors (Lipinski definition) is 2. The third-order valence-electron chi connectivity index (χ3n) is 4.59. The Balaban J connectivity index is 1.80. The summed E-state index contributed by atoms with van der Waals surface area (Å²) in [5.41, 5.74) is 3.27. The fraction of sp³-hybridized carbons (Fsp3) is 0.0476. The lowest BCUT2D eigenvalue weighted by molar-refractivity contribution is 0.209. The zero-order valence-corrected chi connectivity index (χ0v) is 18.7. The Morgan fingerprint density at radius 3 is 2.53 bits per heavy atom. The van der Waals surface area contributed by atoms with Crippen molar-refractivity contribution in [1.82, 2.24) is 8.96 Å². The van der Waals surface area contributed by atoms with Gasteiger partial charge in [-0.3, -0.25) is 5.32 Å². The molecule has 0 aliphatic carbocycles. The first-order valence-corrected chi connectivity index (χ1v) is 11.4. The number of aromatic nitrogens is 2. The number of aryl methyl sites for hydroxylation is 1. The summed E-state index contributed by atoms with van der Waals surface area (Å²) in [6.07, 6.45) is 1.99. The monoisotopic (exact) mass is 533 g/mol. The Hall–Kier alpha value is -2.92. The van der Waals surface area contributed by atoms with E-state index in [9.17, 15) is 13.2 Å². The van der Waals surface area contributed by atoms with Crippen LogP contribution >= 0.6 is 22.6 Å². The van der Waals surface area contributed by atoms with Crippen molar-refractivity contribution in [3.8, 4) is 11.1 Å². The van der Waals surface area contributed by atoms with Crippen molar-refractivity contribution < 1.29 is 18.3 Å². The first-order valence-electron chi connectivity index (χ1n) is 8.85. The molecule has 4 aromatic rings. The van der Waals surface area contributed by atoms with Gasteiger partial charge in [-0.1, -0.05) is 29.8 Å². The molecule has 0 radical (unpaired) electrons. The highest BCUT2D eigenvalue weighted by atomic mass is 127. The van der Waals surface area contributed by atoms with Gasteiger partial charge in [-0.15, -0.1) is 0 Å². The number of pyridine rings is 1. The predicted octanol–water partition coefficient (Wildman–Crippen LogP) is 4.94. The van der Waals surface area contributed by atoms with Gasteiger partial charge >= 0.3 is 6.09 Å². The molecule has 0 spiro atoms. The van der Waals surface area contributed by atoms with Gasteiger partial charge in [-0.25, -0.2) is 22.2 Å². The Morgan fingerprint density at radius 2 is 1.83 bits per heavy atom. The molecule has 0 saturated heterocycles. The number of nitrogens with one attached hydrogen (secondary N) is 1. The third-order valence-corrected chi connectivity index (χ3v) is 7.11. The molecule has 0 fully saturated rings. The maximum Gasteiger partial charge on any atom is 0.409 e. The van der Waals surface area contributed by atoms with E-state index in [1.54, 1.807) is 54.9 Å². The number of nitrogens with zero attached hydrogens (tertiary/aromatic N) is 2. The molecule has 0 aliphatic rings. The second kappa shape index (κ2) is 7.73. The zero-order chi connectivity index (χ0) is 21.5. The lowest BCUT2D eigenvalue weighted by Gasteiger charge is -2.08. The summed E-state index contributed by atoms with van der Waals surface area (Å²) >= 11 is 2.09. The van der Waals surface area contributed by atoms with Crippen molar-refractivity contribution in [3.63, 3.8) is 0 Å². The molecule has 2 heterocycles. The molecule has 2 N–H and O–H groups in total. The van der Waals surface area contributed by atoms with E-state index in [-0.39, 0.29) is 4.90 Å². The number of hydrogen-bond acceptors (Lipinski definition) is 4. The van der Waals surface area contributed by atoms with Gasteiger partial charge in [0.15, 0.2) is 5.65 Å². The van der Waals surface area contributed by atoms with Crippen molar-refractivity contribution >= 4 is 55.4 Å². The van der Waals surface area contributed by atoms with Gasteiger partial charge in [0.1, 0.15) is 0 Å². The first kappa shape index (κ1) is 20.4. The van der Waals surface area contributed by atoms with Crippen LogP contribution in [0.4, 0.5) is 10.5 Å². The molecule has 1 amide bonds. The minimum atomic E-state index is -3.79. The molecule has 0 bridgehead atoms. The summed E-state index contributed by atoms with van der Waals surface area (Å²) in [6.45, 7) is 1.90. The van der Waals surface area contributed by atoms with E-state index in [0.717, 1.165) is 20.3 Å². The van der Waals surface area contributed by atoms with Gasteiger partial charge in [-0.2, -0.15) is 0 Å². The molecular weight excluding hydrogens is 517 g/mol. The lowest BCUT2D eigenvalue weighted by Crippen LogP contribution is -2.12. The molecule has 30 heavy (non-hydrogen) atoms. The molecule has 0 atom stereocenters. The summed E-state index contributed by atoms with van der Waals surface area (Å²) in [6, 6.07) is 15.5. The summed E-state index contributed by atoms with van der Waals surface area (Å²) in [5.74, 6) is 0. The van der Waals surface area contributed by atoms with Crippen LogP contribution in [0.5, 0.6) is 0 Å². The number of fused-ring (bicyclic) bond motifs is 1. The van der Waals surface area contributed by atoms with Gasteiger partial charge in [0.05, 0.1) is 4.90 Å². The minimum Gasteiger partial charge on any atom is -0.465 e. The summed E-state index contributed by atoms with van der Waals surface area (Å²) < 4.78 is 28.2. The molecule has 7 nitrogen and oxygen atoms in total. The van der Waals surface area contributed by atoms with Crippen LogP contribution in [0.25, 0.3) is 22.2 Å². The maximum absolute atomic E-state index is 13.1. The summed E-state index contributed by atoms with van der Waals surface area (Å²) in [4.78, 5) is 15.5. The fourth-order valence-corrected chi connectivity index (χ4v) is 5.30. The summed E-state index contributed by atoms with van der Waals surface area (Å²) in [5, 5.41) is 11.9. The van der Waals surface area contributed by atoms with E-state index >= 15 is 0 Å². The van der Waals surface area contributed by atoms with Gasteiger partial charge in [0, 0.05) is 32.6 Å². The van der Waals surface area contributed by atoms with Crippen molar-refractivity contribution in [1.29, 1.82) is 0 Å². The van der Waals surface area contributed by atoms with Crippen LogP contribution in [-0.4, -0.2) is 28.6 Å². The quantitative estimate of drug-likeness (QED) is 0.362. The average Bonchev–Trinajstić information content (AvgIpc) is 3.05. The first-order chi connectivity index (χ1) is 14.3. The van der Waals surface area contributed by atoms with Crippen LogP contribution in [0.15, 0.2) is 71.9 Å². The SMILES string of the molecule is Cc1ccc(S(=O)(=O)n2cc(I)c3cc(-c4cccc(NC(=O)O)c4)cnc32)cc1. The van der Waals surface area contributed by atoms with Gasteiger partial charge in [0.25, 0.3) is 10.0 Å². The Morgan fingerprint density at radius 1 is 1.10 bits per heavy atom. The van der Waals surface area contributed by atoms with E-state index in [1.807, 2.05) is 19.1 Å². The molecule has 0 saturated carbocycles. The van der Waals surface area contributed by atoms with Crippen molar-refractivity contribution in [2.24, 2.45) is 0 Å². The predicted molar refractivity (Wildman–Crippen MR) is 123 cm³/mol. The highest BCUT2D eigenvalue weighted by molar-refractivity contribution is 14.1. The Kier molecular flexibility index (Phi) is 5.24. The Bertz CT molecular complexity index is 1380. The van der Waals surface area contributed by atoms with Crippen molar-refractivity contribution in [3.05, 3.63) is 76.1 Å². The molecule has 2 aromatic carbocycles. The van der Waals surface area contributed by atoms with E-state index in [2.05, 4.69) is 32.9 Å². The average molecular weight is 533 g/mol. The fourth-order valence-electron chi connectivity index (χ4n) is 3.11. The van der Waals surface area contributed by atoms with Crippen molar-refractivity contribution in [2.75, 3.05) is 5.32 Å². The van der Waals surface area contributed by atoms with Crippen LogP contribution in [0.3, 0.4) is 0 Å². The highest BCUT2D eigenvalue weighted by Crippen LogP contribution is 2.30. The molecule has 0 unspecified atom stereocenters. The van der Waals surface area contributed by atoms with E-state index in [0.29, 0.717) is 16.7 Å². The molecule has 9 heteroatoms. The number of amides is 1. The number of benzene rings is 2. The maximum atomic E-state index is 13.1. The number of carbonyl (C=O) groups is 1. The molecule has 0 aliphatic heterocycles. The number of carboxylic acid groups (broad SMARTS) is 1. The van der Waals surface area contributed by atoms with Gasteiger partial charge < -0.3 is 5.11 Å². The largest absolute Gasteiger partial charge is 0.465 e. The normalized spacial score (nSPS) is 11.5. The van der Waals surface area contributed by atoms with E-state index < -0.39 is 16.1 Å². The van der Waals surface area contributed by atoms with E-state index in [1.165, 1.54) is 3.97 Å². The molecular formula is C21H16IN3O4S. The molecule has 152 valence electrons. The van der Waals surface area contributed by atoms with E-state index in [4.69, 9.17) is 5.11 Å². The molecule has 4 rings (SSSR count). The number of halogens is 1. The number of anilines is 1. The molecule has 2 aromatic heterocycles. The highest BCUT2D eigenvalue weighted by Gasteiger charge is 2.22. The van der Waals surface area contributed by atoms with Crippen LogP contribution in [0.2, 0.25) is 0 Å². The smallest absolute Gasteiger partial charge is 0.409 e. The second-order valence-corrected chi connectivity index (χ2v) is 9.67. The second-order valence-electron chi connectivity index (χ2n) is 6.70. The van der Waals surface area contributed by atoms with Crippen LogP contribution in [-0.2, 0) is 10.0 Å². The van der Waals surface area contributed by atoms with Crippen LogP contribution in [0.1, 0.15) is 5.56 Å². The number of rotatable bonds is 4. The standard InChI is InChI=1S/C21H16IN3O4S/c1-13-5-7-17(8-6-13)30(28,29)25-12-19(22)18-10-15(11-23-20(18)25)14-3-2-4-16(9-14)24-21(26)27/h2-12,24H,1H3,(H,26,27). The van der Waals surface area contributed by atoms with Gasteiger partial charge in [0.2, 0.25) is 0 Å². The lowest BCUT2D eigenvalue weighted by atomic mass is 10.1. The topological polar surface area (TPSA) is 101 Å². The third kappa shape index (κ3) is 3.77. The summed E-state index contributed by atoms with van der Waals surface area (Å²) in [7, 11) is -3.79. The van der Waals surface area contributed by atoms with Gasteiger partial charge in [-0.05, 0) is 65.4 Å². The zero-order valence-electron chi connectivity index (χ0n) is 15.7. The van der Waals surface area contributed by atoms with Crippen LogP contribution in [0, 0.1) is 10.5 Å². The minimum absolute atomic E-state index is 0.194. The van der Waals surface area contributed by atoms with Crippen LogP contribution < -0.4 is 5.32 Å². The van der Waals surface area contributed by atoms with Crippen molar-refractivity contribution in [2.45, 2.75) is 11.8 Å². The Labute approximate surface area is 186 Å².